The van der Waals surface area contributed by atoms with Gasteiger partial charge in [0.05, 0.1) is 19.2 Å². The van der Waals surface area contributed by atoms with Crippen molar-refractivity contribution in [2.75, 3.05) is 19.0 Å². The van der Waals surface area contributed by atoms with E-state index < -0.39 is 0 Å². The molecule has 2 aromatic rings. The molecule has 0 saturated heterocycles. The van der Waals surface area contributed by atoms with Crippen LogP contribution in [-0.4, -0.2) is 24.6 Å². The monoisotopic (exact) mass is 294 g/mol. The van der Waals surface area contributed by atoms with E-state index in [9.17, 15) is 9.18 Å². The van der Waals surface area contributed by atoms with Gasteiger partial charge in [-0.25, -0.2) is 9.37 Å². The van der Waals surface area contributed by atoms with Crippen LogP contribution in [0.5, 0.6) is 0 Å². The first-order valence-electron chi connectivity index (χ1n) is 6.17. The first-order chi connectivity index (χ1) is 9.67. The summed E-state index contributed by atoms with van der Waals surface area (Å²) < 4.78 is 17.6. The van der Waals surface area contributed by atoms with Gasteiger partial charge in [0, 0.05) is 11.9 Å². The summed E-state index contributed by atoms with van der Waals surface area (Å²) in [6.07, 6.45) is 0.891. The minimum atomic E-state index is -0.304. The van der Waals surface area contributed by atoms with Gasteiger partial charge in [-0.3, -0.25) is 4.79 Å². The number of anilines is 1. The average molecular weight is 294 g/mol. The molecule has 2 rings (SSSR count). The van der Waals surface area contributed by atoms with Gasteiger partial charge in [-0.1, -0.05) is 12.1 Å². The van der Waals surface area contributed by atoms with Gasteiger partial charge in [-0.15, -0.1) is 11.3 Å². The zero-order valence-electron chi connectivity index (χ0n) is 11.1. The third kappa shape index (κ3) is 4.31. The van der Waals surface area contributed by atoms with Gasteiger partial charge in [0.1, 0.15) is 5.82 Å². The van der Waals surface area contributed by atoms with Crippen molar-refractivity contribution in [2.45, 2.75) is 12.8 Å². The summed E-state index contributed by atoms with van der Waals surface area (Å²) in [6, 6.07) is 6.53. The Kier molecular flexibility index (Phi) is 5.06. The Balaban J connectivity index is 1.81. The van der Waals surface area contributed by atoms with Crippen molar-refractivity contribution < 1.29 is 13.9 Å². The highest BCUT2D eigenvalue weighted by Gasteiger charge is 2.07. The van der Waals surface area contributed by atoms with Gasteiger partial charge in [0.2, 0.25) is 0 Å². The van der Waals surface area contributed by atoms with Gasteiger partial charge < -0.3 is 10.1 Å². The predicted molar refractivity (Wildman–Crippen MR) is 76.4 cm³/mol. The molecule has 1 N–H and O–H groups in total. The lowest BCUT2D eigenvalue weighted by Gasteiger charge is -2.03. The zero-order valence-corrected chi connectivity index (χ0v) is 11.9. The minimum absolute atomic E-state index is 0.179. The predicted octanol–water partition coefficient (Wildman–Crippen LogP) is 2.65. The van der Waals surface area contributed by atoms with Crippen LogP contribution in [0.2, 0.25) is 0 Å². The van der Waals surface area contributed by atoms with Gasteiger partial charge in [0.25, 0.3) is 0 Å². The number of hydrogen-bond acceptors (Lipinski definition) is 5. The minimum Gasteiger partial charge on any atom is -0.469 e. The lowest BCUT2D eigenvalue weighted by molar-refractivity contribution is -0.139. The molecular formula is C14H15FN2O2S. The zero-order chi connectivity index (χ0) is 14.4. The summed E-state index contributed by atoms with van der Waals surface area (Å²) in [5.74, 6) is -0.529. The van der Waals surface area contributed by atoms with Crippen molar-refractivity contribution in [3.05, 3.63) is 46.7 Å². The molecule has 0 amide bonds. The van der Waals surface area contributed by atoms with E-state index >= 15 is 0 Å². The number of hydrogen-bond donors (Lipinski definition) is 1. The number of esters is 1. The molecular weight excluding hydrogens is 279 g/mol. The molecule has 0 spiro atoms. The second-order valence-electron chi connectivity index (χ2n) is 4.20. The van der Waals surface area contributed by atoms with Crippen molar-refractivity contribution in [1.29, 1.82) is 0 Å². The lowest BCUT2D eigenvalue weighted by Crippen LogP contribution is -2.06. The maximum Gasteiger partial charge on any atom is 0.311 e. The number of aromatic nitrogens is 1. The Morgan fingerprint density at radius 1 is 1.50 bits per heavy atom. The summed E-state index contributed by atoms with van der Waals surface area (Å²) in [5.41, 5.74) is 1.62. The highest BCUT2D eigenvalue weighted by atomic mass is 32.1. The summed E-state index contributed by atoms with van der Waals surface area (Å²) in [7, 11) is 1.35. The van der Waals surface area contributed by atoms with E-state index in [0.717, 1.165) is 10.7 Å². The number of methoxy groups -OCH3 is 1. The summed E-state index contributed by atoms with van der Waals surface area (Å²) in [6.45, 7) is 0.661. The van der Waals surface area contributed by atoms with Gasteiger partial charge in [0.15, 0.2) is 5.13 Å². The Morgan fingerprint density at radius 2 is 2.35 bits per heavy atom. The number of nitrogens with one attached hydrogen (secondary N) is 1. The topological polar surface area (TPSA) is 51.2 Å². The van der Waals surface area contributed by atoms with E-state index in [0.29, 0.717) is 18.7 Å². The second kappa shape index (κ2) is 7.00. The molecule has 0 bridgehead atoms. The SMILES string of the molecule is COC(=O)Cc1csc(NCCc2cccc(F)c2)n1. The summed E-state index contributed by atoms with van der Waals surface area (Å²) >= 11 is 1.44. The fourth-order valence-corrected chi connectivity index (χ4v) is 2.43. The van der Waals surface area contributed by atoms with E-state index in [1.807, 2.05) is 11.4 Å². The largest absolute Gasteiger partial charge is 0.469 e. The standard InChI is InChI=1S/C14H15FN2O2S/c1-19-13(18)8-12-9-20-14(17-12)16-6-5-10-3-2-4-11(15)7-10/h2-4,7,9H,5-6,8H2,1H3,(H,16,17). The molecule has 0 saturated carbocycles. The molecule has 0 fully saturated rings. The Bertz CT molecular complexity index is 586. The van der Waals surface area contributed by atoms with Crippen LogP contribution in [0.1, 0.15) is 11.3 Å². The van der Waals surface area contributed by atoms with Gasteiger partial charge >= 0.3 is 5.97 Å². The maximum absolute atomic E-state index is 13.0. The Morgan fingerprint density at radius 3 is 3.10 bits per heavy atom. The van der Waals surface area contributed by atoms with Crippen molar-refractivity contribution in [3.63, 3.8) is 0 Å². The molecule has 106 valence electrons. The smallest absolute Gasteiger partial charge is 0.311 e. The number of carbonyl (C=O) groups is 1. The molecule has 0 aliphatic carbocycles. The normalized spacial score (nSPS) is 10.3. The van der Waals surface area contributed by atoms with Gasteiger partial charge in [-0.05, 0) is 24.1 Å². The highest BCUT2D eigenvalue weighted by Crippen LogP contribution is 2.16. The van der Waals surface area contributed by atoms with E-state index in [-0.39, 0.29) is 18.2 Å². The number of nitrogens with zero attached hydrogens (tertiary/aromatic N) is 1. The lowest BCUT2D eigenvalue weighted by atomic mass is 10.1. The Labute approximate surface area is 120 Å². The van der Waals surface area contributed by atoms with E-state index in [4.69, 9.17) is 0 Å². The van der Waals surface area contributed by atoms with Crippen LogP contribution < -0.4 is 5.32 Å². The molecule has 0 atom stereocenters. The summed E-state index contributed by atoms with van der Waals surface area (Å²) in [4.78, 5) is 15.4. The first kappa shape index (κ1) is 14.5. The molecule has 0 aliphatic heterocycles. The number of halogens is 1. The van der Waals surface area contributed by atoms with E-state index in [2.05, 4.69) is 15.0 Å². The van der Waals surface area contributed by atoms with Crippen LogP contribution in [0.25, 0.3) is 0 Å². The van der Waals surface area contributed by atoms with Crippen molar-refractivity contribution >= 4 is 22.4 Å². The van der Waals surface area contributed by atoms with E-state index in [1.165, 1.54) is 30.6 Å². The molecule has 0 aliphatic rings. The van der Waals surface area contributed by atoms with Crippen LogP contribution in [0.15, 0.2) is 29.6 Å². The fraction of sp³-hybridized carbons (Fsp3) is 0.286. The Hall–Kier alpha value is -1.95. The fourth-order valence-electron chi connectivity index (χ4n) is 1.70. The third-order valence-corrected chi connectivity index (χ3v) is 3.53. The molecule has 1 aromatic heterocycles. The van der Waals surface area contributed by atoms with Crippen LogP contribution in [0, 0.1) is 5.82 Å². The number of carbonyl (C=O) groups excluding carboxylic acids is 1. The van der Waals surface area contributed by atoms with Crippen molar-refractivity contribution in [3.8, 4) is 0 Å². The van der Waals surface area contributed by atoms with Crippen LogP contribution in [0.3, 0.4) is 0 Å². The molecule has 1 heterocycles. The number of rotatable bonds is 6. The van der Waals surface area contributed by atoms with Gasteiger partial charge in [-0.2, -0.15) is 0 Å². The van der Waals surface area contributed by atoms with Crippen LogP contribution in [-0.2, 0) is 22.4 Å². The van der Waals surface area contributed by atoms with E-state index in [1.54, 1.807) is 6.07 Å². The first-order valence-corrected chi connectivity index (χ1v) is 7.05. The quantitative estimate of drug-likeness (QED) is 0.832. The molecule has 1 aromatic carbocycles. The molecule has 0 radical (unpaired) electrons. The third-order valence-electron chi connectivity index (χ3n) is 2.68. The maximum atomic E-state index is 13.0. The summed E-state index contributed by atoms with van der Waals surface area (Å²) in [5, 5.41) is 5.73. The highest BCUT2D eigenvalue weighted by molar-refractivity contribution is 7.13. The molecule has 6 heteroatoms. The van der Waals surface area contributed by atoms with Crippen molar-refractivity contribution in [2.24, 2.45) is 0 Å². The molecule has 0 unspecified atom stereocenters. The molecule has 20 heavy (non-hydrogen) atoms. The number of thiazole rings is 1. The van der Waals surface area contributed by atoms with Crippen molar-refractivity contribution in [1.82, 2.24) is 4.98 Å². The number of benzene rings is 1. The second-order valence-corrected chi connectivity index (χ2v) is 5.06. The van der Waals surface area contributed by atoms with Crippen LogP contribution >= 0.6 is 11.3 Å². The number of ether oxygens (including phenoxy) is 1. The average Bonchev–Trinajstić information content (AvgIpc) is 2.86. The van der Waals surface area contributed by atoms with Crippen LogP contribution in [0.4, 0.5) is 9.52 Å². The molecule has 4 nitrogen and oxygen atoms in total.